The maximum Gasteiger partial charge on any atom is 0.303 e. The molecule has 0 aliphatic carbocycles. The van der Waals surface area contributed by atoms with Crippen molar-refractivity contribution in [2.45, 2.75) is 25.7 Å². The molecule has 0 atom stereocenters. The number of carbonyl (C=O) groups is 2. The molecule has 0 amide bonds. The van der Waals surface area contributed by atoms with Gasteiger partial charge in [0.15, 0.2) is 5.78 Å². The number of hydrogen-bond acceptors (Lipinski definition) is 2. The van der Waals surface area contributed by atoms with Gasteiger partial charge >= 0.3 is 5.97 Å². The van der Waals surface area contributed by atoms with Crippen LogP contribution in [-0.4, -0.2) is 16.9 Å². The van der Waals surface area contributed by atoms with Crippen LogP contribution < -0.4 is 0 Å². The molecule has 1 rings (SSSR count). The molecule has 0 saturated carbocycles. The van der Waals surface area contributed by atoms with E-state index in [9.17, 15) is 14.0 Å². The monoisotopic (exact) mass is 224 g/mol. The van der Waals surface area contributed by atoms with E-state index >= 15 is 0 Å². The Morgan fingerprint density at radius 1 is 1.12 bits per heavy atom. The second-order valence-electron chi connectivity index (χ2n) is 3.50. The Labute approximate surface area is 92.9 Å². The van der Waals surface area contributed by atoms with Crippen molar-refractivity contribution in [1.82, 2.24) is 0 Å². The Kier molecular flexibility index (Phi) is 4.64. The van der Waals surface area contributed by atoms with Crippen molar-refractivity contribution >= 4 is 11.8 Å². The van der Waals surface area contributed by atoms with E-state index in [4.69, 9.17) is 5.11 Å². The van der Waals surface area contributed by atoms with Crippen LogP contribution in [0.3, 0.4) is 0 Å². The van der Waals surface area contributed by atoms with Crippen LogP contribution in [0.2, 0.25) is 0 Å². The van der Waals surface area contributed by atoms with Gasteiger partial charge in [0.25, 0.3) is 0 Å². The van der Waals surface area contributed by atoms with Gasteiger partial charge in [0, 0.05) is 12.8 Å². The van der Waals surface area contributed by atoms with Crippen molar-refractivity contribution in [2.24, 2.45) is 0 Å². The minimum Gasteiger partial charge on any atom is -0.481 e. The Morgan fingerprint density at radius 3 is 2.38 bits per heavy atom. The van der Waals surface area contributed by atoms with Gasteiger partial charge in [0.1, 0.15) is 5.82 Å². The highest BCUT2D eigenvalue weighted by molar-refractivity contribution is 5.96. The van der Waals surface area contributed by atoms with Crippen LogP contribution in [0.5, 0.6) is 0 Å². The fraction of sp³-hybridized carbons (Fsp3) is 0.333. The van der Waals surface area contributed by atoms with Crippen molar-refractivity contribution in [3.8, 4) is 0 Å². The van der Waals surface area contributed by atoms with Gasteiger partial charge in [-0.2, -0.15) is 0 Å². The number of ketones is 1. The molecule has 1 N–H and O–H groups in total. The molecule has 4 heteroatoms. The van der Waals surface area contributed by atoms with E-state index in [2.05, 4.69) is 0 Å². The predicted octanol–water partition coefficient (Wildman–Crippen LogP) is 2.65. The maximum atomic E-state index is 13.2. The van der Waals surface area contributed by atoms with Gasteiger partial charge in [-0.3, -0.25) is 9.59 Å². The summed E-state index contributed by atoms with van der Waals surface area (Å²) in [4.78, 5) is 21.7. The molecule has 0 spiro atoms. The van der Waals surface area contributed by atoms with E-state index in [1.165, 1.54) is 18.2 Å². The fourth-order valence-electron chi connectivity index (χ4n) is 1.38. The highest BCUT2D eigenvalue weighted by Crippen LogP contribution is 2.11. The van der Waals surface area contributed by atoms with Crippen LogP contribution in [0.25, 0.3) is 0 Å². The third-order valence-corrected chi connectivity index (χ3v) is 2.22. The summed E-state index contributed by atoms with van der Waals surface area (Å²) in [5.41, 5.74) is 0.0813. The summed E-state index contributed by atoms with van der Waals surface area (Å²) in [6, 6.07) is 5.81. The lowest BCUT2D eigenvalue weighted by Crippen LogP contribution is -2.02. The van der Waals surface area contributed by atoms with Crippen LogP contribution in [-0.2, 0) is 4.79 Å². The number of unbranched alkanes of at least 4 members (excludes halogenated alkanes) is 1. The molecule has 0 unspecified atom stereocenters. The van der Waals surface area contributed by atoms with E-state index in [-0.39, 0.29) is 24.2 Å². The number of aliphatic carboxylic acids is 1. The molecule has 86 valence electrons. The first-order valence-electron chi connectivity index (χ1n) is 5.11. The molecule has 1 aromatic rings. The summed E-state index contributed by atoms with van der Waals surface area (Å²) < 4.78 is 13.2. The van der Waals surface area contributed by atoms with E-state index in [1.54, 1.807) is 6.07 Å². The summed E-state index contributed by atoms with van der Waals surface area (Å²) in [5.74, 6) is -1.67. The van der Waals surface area contributed by atoms with Crippen LogP contribution in [0.4, 0.5) is 4.39 Å². The average molecular weight is 224 g/mol. The topological polar surface area (TPSA) is 54.4 Å². The van der Waals surface area contributed by atoms with Gasteiger partial charge in [-0.25, -0.2) is 4.39 Å². The molecule has 0 bridgehead atoms. The largest absolute Gasteiger partial charge is 0.481 e. The van der Waals surface area contributed by atoms with E-state index in [1.807, 2.05) is 0 Å². The first-order valence-corrected chi connectivity index (χ1v) is 5.11. The number of carboxylic acid groups (broad SMARTS) is 1. The quantitative estimate of drug-likeness (QED) is 0.597. The number of hydrogen-bond donors (Lipinski definition) is 1. The molecule has 3 nitrogen and oxygen atoms in total. The van der Waals surface area contributed by atoms with Crippen LogP contribution >= 0.6 is 0 Å². The Balaban J connectivity index is 2.41. The number of halogens is 1. The zero-order valence-electron chi connectivity index (χ0n) is 8.78. The SMILES string of the molecule is O=C(O)CCCCC(=O)c1ccccc1F. The maximum absolute atomic E-state index is 13.2. The van der Waals surface area contributed by atoms with Crippen LogP contribution in [0.15, 0.2) is 24.3 Å². The minimum atomic E-state index is -0.877. The normalized spacial score (nSPS) is 10.1. The van der Waals surface area contributed by atoms with E-state index in [0.29, 0.717) is 12.8 Å². The summed E-state index contributed by atoms with van der Waals surface area (Å²) in [5, 5.41) is 8.39. The molecule has 1 aromatic carbocycles. The Hall–Kier alpha value is -1.71. The number of Topliss-reactive ketones (excluding diaryl/α,β-unsaturated/α-hetero) is 1. The highest BCUT2D eigenvalue weighted by Gasteiger charge is 2.10. The smallest absolute Gasteiger partial charge is 0.303 e. The number of carbonyl (C=O) groups excluding carboxylic acids is 1. The third kappa shape index (κ3) is 3.81. The van der Waals surface area contributed by atoms with Crippen molar-refractivity contribution in [3.05, 3.63) is 35.6 Å². The Morgan fingerprint density at radius 2 is 1.75 bits per heavy atom. The molecule has 16 heavy (non-hydrogen) atoms. The van der Waals surface area contributed by atoms with Gasteiger partial charge in [-0.15, -0.1) is 0 Å². The zero-order valence-corrected chi connectivity index (χ0v) is 8.78. The first kappa shape index (κ1) is 12.4. The summed E-state index contributed by atoms with van der Waals surface area (Å²) in [7, 11) is 0. The summed E-state index contributed by atoms with van der Waals surface area (Å²) >= 11 is 0. The second-order valence-corrected chi connectivity index (χ2v) is 3.50. The molecular weight excluding hydrogens is 211 g/mol. The standard InChI is InChI=1S/C12H13FO3/c13-10-6-2-1-5-9(10)11(14)7-3-4-8-12(15)16/h1-2,5-6H,3-4,7-8H2,(H,15,16). The van der Waals surface area contributed by atoms with Gasteiger partial charge in [-0.1, -0.05) is 12.1 Å². The second kappa shape index (κ2) is 6.00. The van der Waals surface area contributed by atoms with Gasteiger partial charge in [-0.05, 0) is 25.0 Å². The predicted molar refractivity (Wildman–Crippen MR) is 56.8 cm³/mol. The summed E-state index contributed by atoms with van der Waals surface area (Å²) in [6.45, 7) is 0. The van der Waals surface area contributed by atoms with E-state index in [0.717, 1.165) is 0 Å². The highest BCUT2D eigenvalue weighted by atomic mass is 19.1. The fourth-order valence-corrected chi connectivity index (χ4v) is 1.38. The van der Waals surface area contributed by atoms with Crippen molar-refractivity contribution in [2.75, 3.05) is 0 Å². The van der Waals surface area contributed by atoms with Gasteiger partial charge in [0.05, 0.1) is 5.56 Å². The van der Waals surface area contributed by atoms with Gasteiger partial charge in [0.2, 0.25) is 0 Å². The number of benzene rings is 1. The Bertz CT molecular complexity index is 388. The lowest BCUT2D eigenvalue weighted by atomic mass is 10.0. The summed E-state index contributed by atoms with van der Waals surface area (Å²) in [6.07, 6.45) is 1.15. The first-order chi connectivity index (χ1) is 7.61. The minimum absolute atomic E-state index is 0.0462. The molecular formula is C12H13FO3. The van der Waals surface area contributed by atoms with Crippen molar-refractivity contribution < 1.29 is 19.1 Å². The molecule has 0 fully saturated rings. The van der Waals surface area contributed by atoms with Gasteiger partial charge < -0.3 is 5.11 Å². The molecule has 0 aliphatic heterocycles. The lowest BCUT2D eigenvalue weighted by molar-refractivity contribution is -0.137. The van der Waals surface area contributed by atoms with Crippen molar-refractivity contribution in [1.29, 1.82) is 0 Å². The molecule has 0 radical (unpaired) electrons. The molecule has 0 aromatic heterocycles. The molecule has 0 saturated heterocycles. The zero-order chi connectivity index (χ0) is 12.0. The van der Waals surface area contributed by atoms with E-state index < -0.39 is 11.8 Å². The van der Waals surface area contributed by atoms with Crippen molar-refractivity contribution in [3.63, 3.8) is 0 Å². The third-order valence-electron chi connectivity index (χ3n) is 2.22. The number of rotatable bonds is 6. The number of carboxylic acids is 1. The average Bonchev–Trinajstić information content (AvgIpc) is 2.24. The lowest BCUT2D eigenvalue weighted by Gasteiger charge is -2.01. The molecule has 0 aliphatic rings. The molecule has 0 heterocycles. The van der Waals surface area contributed by atoms with Crippen LogP contribution in [0, 0.1) is 5.82 Å². The van der Waals surface area contributed by atoms with Crippen LogP contribution in [0.1, 0.15) is 36.0 Å².